The Kier molecular flexibility index (Phi) is 4.98. The van der Waals surface area contributed by atoms with E-state index in [1.807, 2.05) is 12.1 Å². The molecular formula is C12H20N2O. The smallest absolute Gasteiger partial charge is 0.142 e. The van der Waals surface area contributed by atoms with Crippen LogP contribution in [-0.4, -0.2) is 13.2 Å². The first-order valence-corrected chi connectivity index (χ1v) is 5.49. The third kappa shape index (κ3) is 3.80. The van der Waals surface area contributed by atoms with Crippen LogP contribution in [0.15, 0.2) is 18.2 Å². The largest absolute Gasteiger partial charge is 0.491 e. The van der Waals surface area contributed by atoms with Gasteiger partial charge < -0.3 is 16.2 Å². The highest BCUT2D eigenvalue weighted by Gasteiger charge is 2.01. The van der Waals surface area contributed by atoms with Crippen molar-refractivity contribution in [3.05, 3.63) is 23.8 Å². The van der Waals surface area contributed by atoms with E-state index >= 15 is 0 Å². The molecule has 1 rings (SSSR count). The van der Waals surface area contributed by atoms with E-state index in [0.29, 0.717) is 13.2 Å². The van der Waals surface area contributed by atoms with Gasteiger partial charge >= 0.3 is 0 Å². The molecule has 0 bridgehead atoms. The van der Waals surface area contributed by atoms with Crippen molar-refractivity contribution in [2.24, 2.45) is 5.73 Å². The van der Waals surface area contributed by atoms with Gasteiger partial charge in [-0.15, -0.1) is 0 Å². The van der Waals surface area contributed by atoms with Crippen LogP contribution < -0.4 is 16.2 Å². The second-order valence-electron chi connectivity index (χ2n) is 3.61. The number of hydrogen-bond acceptors (Lipinski definition) is 3. The van der Waals surface area contributed by atoms with Gasteiger partial charge in [-0.05, 0) is 43.5 Å². The Morgan fingerprint density at radius 2 is 2.13 bits per heavy atom. The van der Waals surface area contributed by atoms with E-state index < -0.39 is 0 Å². The van der Waals surface area contributed by atoms with E-state index in [2.05, 4.69) is 13.0 Å². The number of ether oxygens (including phenoxy) is 1. The fourth-order valence-electron chi connectivity index (χ4n) is 1.40. The van der Waals surface area contributed by atoms with Crippen LogP contribution in [0.4, 0.5) is 5.69 Å². The zero-order valence-corrected chi connectivity index (χ0v) is 9.33. The van der Waals surface area contributed by atoms with Crippen molar-refractivity contribution in [1.29, 1.82) is 0 Å². The molecule has 0 heterocycles. The highest BCUT2D eigenvalue weighted by atomic mass is 16.5. The van der Waals surface area contributed by atoms with Crippen molar-refractivity contribution in [1.82, 2.24) is 0 Å². The van der Waals surface area contributed by atoms with Crippen LogP contribution in [0.5, 0.6) is 5.75 Å². The second-order valence-corrected chi connectivity index (χ2v) is 3.61. The maximum absolute atomic E-state index is 5.88. The maximum Gasteiger partial charge on any atom is 0.142 e. The van der Waals surface area contributed by atoms with E-state index in [-0.39, 0.29) is 0 Å². The summed E-state index contributed by atoms with van der Waals surface area (Å²) in [5.74, 6) is 0.786. The molecule has 3 heteroatoms. The Morgan fingerprint density at radius 3 is 2.73 bits per heavy atom. The Bertz CT molecular complexity index is 300. The van der Waals surface area contributed by atoms with Gasteiger partial charge in [0, 0.05) is 0 Å². The molecule has 0 aromatic heterocycles. The lowest BCUT2D eigenvalue weighted by Crippen LogP contribution is -2.02. The Morgan fingerprint density at radius 1 is 1.33 bits per heavy atom. The summed E-state index contributed by atoms with van der Waals surface area (Å²) in [5.41, 5.74) is 13.3. The molecule has 0 spiro atoms. The molecule has 0 aliphatic heterocycles. The van der Waals surface area contributed by atoms with E-state index in [9.17, 15) is 0 Å². The van der Waals surface area contributed by atoms with Crippen LogP contribution in [0, 0.1) is 0 Å². The second kappa shape index (κ2) is 6.30. The molecule has 0 radical (unpaired) electrons. The normalized spacial score (nSPS) is 10.3. The highest BCUT2D eigenvalue weighted by molar-refractivity contribution is 5.54. The highest BCUT2D eigenvalue weighted by Crippen LogP contribution is 2.23. The predicted octanol–water partition coefficient (Wildman–Crippen LogP) is 1.95. The van der Waals surface area contributed by atoms with Gasteiger partial charge in [-0.25, -0.2) is 0 Å². The molecule has 1 aromatic carbocycles. The number of anilines is 1. The lowest BCUT2D eigenvalue weighted by molar-refractivity contribution is 0.319. The molecule has 0 saturated carbocycles. The average molecular weight is 208 g/mol. The van der Waals surface area contributed by atoms with Gasteiger partial charge in [0.15, 0.2) is 0 Å². The minimum Gasteiger partial charge on any atom is -0.491 e. The zero-order valence-electron chi connectivity index (χ0n) is 9.33. The topological polar surface area (TPSA) is 61.3 Å². The fourth-order valence-corrected chi connectivity index (χ4v) is 1.40. The van der Waals surface area contributed by atoms with Crippen LogP contribution in [-0.2, 0) is 6.42 Å². The summed E-state index contributed by atoms with van der Waals surface area (Å²) < 4.78 is 5.50. The minimum absolute atomic E-state index is 0.715. The van der Waals surface area contributed by atoms with Gasteiger partial charge in [-0.1, -0.05) is 13.0 Å². The van der Waals surface area contributed by atoms with Crippen LogP contribution in [0.25, 0.3) is 0 Å². The fraction of sp³-hybridized carbons (Fsp3) is 0.500. The van der Waals surface area contributed by atoms with Crippen molar-refractivity contribution in [2.45, 2.75) is 26.2 Å². The Labute approximate surface area is 91.4 Å². The van der Waals surface area contributed by atoms with Crippen molar-refractivity contribution < 1.29 is 4.74 Å². The number of nitrogen functional groups attached to an aromatic ring is 1. The summed E-state index contributed by atoms with van der Waals surface area (Å²) in [5, 5.41) is 0. The lowest BCUT2D eigenvalue weighted by Gasteiger charge is -2.09. The Balaban J connectivity index is 2.61. The monoisotopic (exact) mass is 208 g/mol. The molecule has 0 fully saturated rings. The van der Waals surface area contributed by atoms with E-state index in [1.54, 1.807) is 0 Å². The number of nitrogens with two attached hydrogens (primary N) is 2. The molecule has 1 aromatic rings. The van der Waals surface area contributed by atoms with Gasteiger partial charge in [0.2, 0.25) is 0 Å². The van der Waals surface area contributed by atoms with E-state index in [4.69, 9.17) is 16.2 Å². The molecule has 0 aliphatic rings. The standard InChI is InChI=1S/C12H20N2O/c1-2-8-15-12-6-5-10(4-3-7-13)9-11(12)14/h5-6,9H,2-4,7-8,13-14H2,1H3. The van der Waals surface area contributed by atoms with Crippen molar-refractivity contribution in [2.75, 3.05) is 18.9 Å². The Hall–Kier alpha value is -1.22. The first-order valence-electron chi connectivity index (χ1n) is 5.49. The molecule has 0 atom stereocenters. The third-order valence-corrected chi connectivity index (χ3v) is 2.21. The van der Waals surface area contributed by atoms with Gasteiger partial charge in [-0.2, -0.15) is 0 Å². The molecular weight excluding hydrogens is 188 g/mol. The van der Waals surface area contributed by atoms with Crippen molar-refractivity contribution in [3.63, 3.8) is 0 Å². The number of rotatable bonds is 6. The third-order valence-electron chi connectivity index (χ3n) is 2.21. The SMILES string of the molecule is CCCOc1ccc(CCCN)cc1N. The van der Waals surface area contributed by atoms with Crippen LogP contribution in [0.2, 0.25) is 0 Å². The van der Waals surface area contributed by atoms with Crippen LogP contribution in [0.3, 0.4) is 0 Å². The van der Waals surface area contributed by atoms with Crippen molar-refractivity contribution in [3.8, 4) is 5.75 Å². The molecule has 3 nitrogen and oxygen atoms in total. The van der Waals surface area contributed by atoms with E-state index in [1.165, 1.54) is 5.56 Å². The van der Waals surface area contributed by atoms with Crippen molar-refractivity contribution >= 4 is 5.69 Å². The van der Waals surface area contributed by atoms with E-state index in [0.717, 1.165) is 30.7 Å². The quantitative estimate of drug-likeness (QED) is 0.702. The molecule has 0 aliphatic carbocycles. The predicted molar refractivity (Wildman–Crippen MR) is 64.0 cm³/mol. The summed E-state index contributed by atoms with van der Waals surface area (Å²) in [6, 6.07) is 5.97. The number of aryl methyl sites for hydroxylation is 1. The van der Waals surface area contributed by atoms with Gasteiger partial charge in [0.25, 0.3) is 0 Å². The molecule has 4 N–H and O–H groups in total. The first kappa shape index (κ1) is 11.9. The summed E-state index contributed by atoms with van der Waals surface area (Å²) in [4.78, 5) is 0. The number of benzene rings is 1. The van der Waals surface area contributed by atoms with Crippen LogP contribution in [0.1, 0.15) is 25.3 Å². The zero-order chi connectivity index (χ0) is 11.1. The first-order chi connectivity index (χ1) is 7.27. The summed E-state index contributed by atoms with van der Waals surface area (Å²) in [6.45, 7) is 3.51. The number of hydrogen-bond donors (Lipinski definition) is 2. The van der Waals surface area contributed by atoms with Gasteiger partial charge in [0.1, 0.15) is 5.75 Å². The average Bonchev–Trinajstić information content (AvgIpc) is 2.25. The summed E-state index contributed by atoms with van der Waals surface area (Å²) >= 11 is 0. The van der Waals surface area contributed by atoms with Gasteiger partial charge in [-0.3, -0.25) is 0 Å². The maximum atomic E-state index is 5.88. The van der Waals surface area contributed by atoms with Crippen LogP contribution >= 0.6 is 0 Å². The molecule has 15 heavy (non-hydrogen) atoms. The molecule has 0 unspecified atom stereocenters. The summed E-state index contributed by atoms with van der Waals surface area (Å²) in [7, 11) is 0. The molecule has 0 amide bonds. The lowest BCUT2D eigenvalue weighted by atomic mass is 10.1. The summed E-state index contributed by atoms with van der Waals surface area (Å²) in [6.07, 6.45) is 2.97. The van der Waals surface area contributed by atoms with Gasteiger partial charge in [0.05, 0.1) is 12.3 Å². The minimum atomic E-state index is 0.715. The molecule has 0 saturated heterocycles. The molecule has 84 valence electrons.